The maximum Gasteiger partial charge on any atom is 0.249 e. The van der Waals surface area contributed by atoms with Crippen LogP contribution in [0.4, 0.5) is 5.95 Å². The fourth-order valence-electron chi connectivity index (χ4n) is 8.22. The predicted octanol–water partition coefficient (Wildman–Crippen LogP) is 5.67. The van der Waals surface area contributed by atoms with Crippen LogP contribution >= 0.6 is 0 Å². The molecule has 2 amide bonds. The van der Waals surface area contributed by atoms with Crippen molar-refractivity contribution in [2.45, 2.75) is 110 Å². The molecule has 55 heavy (non-hydrogen) atoms. The lowest BCUT2D eigenvalue weighted by Crippen LogP contribution is -2.53. The van der Waals surface area contributed by atoms with E-state index < -0.39 is 29.9 Å². The van der Waals surface area contributed by atoms with Crippen LogP contribution in [0.25, 0.3) is 10.9 Å². The summed E-state index contributed by atoms with van der Waals surface area (Å²) in [5.41, 5.74) is 18.1. The highest BCUT2D eigenvalue weighted by atomic mass is 16.5. The van der Waals surface area contributed by atoms with Crippen molar-refractivity contribution in [3.05, 3.63) is 101 Å². The number of allylic oxidation sites excluding steroid dienone is 1. The molecule has 3 aromatic heterocycles. The van der Waals surface area contributed by atoms with Crippen LogP contribution in [0.2, 0.25) is 0 Å². The molecule has 1 unspecified atom stereocenters. The summed E-state index contributed by atoms with van der Waals surface area (Å²) >= 11 is 0. The molecule has 0 spiro atoms. The summed E-state index contributed by atoms with van der Waals surface area (Å²) in [5.74, 6) is 0.566. The summed E-state index contributed by atoms with van der Waals surface area (Å²) in [7, 11) is 1.99. The summed E-state index contributed by atoms with van der Waals surface area (Å²) in [6.45, 7) is 10.8. The number of rotatable bonds is 16. The van der Waals surface area contributed by atoms with Gasteiger partial charge in [0.15, 0.2) is 11.8 Å². The number of nitrogens with zero attached hydrogens (tertiary/aromatic N) is 5. The van der Waals surface area contributed by atoms with E-state index in [9.17, 15) is 14.7 Å². The standard InChI is InChI=1S/C42H55N9O4/c1-6-42(15-9-11-26(2)23-42)24-37-48-40(55-49-37)35(21-29-25-50(5)36-14-8-7-12-31(29)36)47-39(54)34(22-32-27(3)19-30(52)20-28(32)4)46-38(53)33(43)13-10-17-51-18-16-45-41(51)44/h7-8,12,14,16,18-20,25,33-35,52H,2,6,9-11,13,15,17,21-24,43H2,1,3-5H3,(H2,44,45)(H,46,53)(H,47,54)/t33-,34+,35+,42?/m1/s1. The van der Waals surface area contributed by atoms with E-state index in [4.69, 9.17) is 21.0 Å². The van der Waals surface area contributed by atoms with Gasteiger partial charge in [0.05, 0.1) is 6.04 Å². The minimum atomic E-state index is -1.00. The van der Waals surface area contributed by atoms with Gasteiger partial charge in [-0.15, -0.1) is 0 Å². The first-order valence-electron chi connectivity index (χ1n) is 19.3. The van der Waals surface area contributed by atoms with Crippen LogP contribution in [0, 0.1) is 19.3 Å². The molecule has 1 aliphatic rings. The molecule has 292 valence electrons. The Kier molecular flexibility index (Phi) is 12.1. The number of phenols is 1. The summed E-state index contributed by atoms with van der Waals surface area (Å²) in [4.78, 5) is 37.2. The molecule has 3 heterocycles. The Balaban J connectivity index is 1.28. The molecular weight excluding hydrogens is 695 g/mol. The van der Waals surface area contributed by atoms with Gasteiger partial charge in [0.2, 0.25) is 17.7 Å². The first-order chi connectivity index (χ1) is 26.3. The van der Waals surface area contributed by atoms with Crippen LogP contribution in [0.1, 0.15) is 91.9 Å². The second-order valence-electron chi connectivity index (χ2n) is 15.5. The number of aromatic hydroxyl groups is 1. The molecule has 0 radical (unpaired) electrons. The maximum atomic E-state index is 14.6. The Morgan fingerprint density at radius 2 is 1.89 bits per heavy atom. The van der Waals surface area contributed by atoms with Crippen molar-refractivity contribution in [1.29, 1.82) is 0 Å². The first kappa shape index (κ1) is 39.3. The highest BCUT2D eigenvalue weighted by molar-refractivity contribution is 5.90. The number of aryl methyl sites for hydroxylation is 4. The van der Waals surface area contributed by atoms with E-state index in [0.29, 0.717) is 49.9 Å². The molecule has 7 N–H and O–H groups in total. The number of nitrogens with one attached hydrogen (secondary N) is 2. The van der Waals surface area contributed by atoms with E-state index >= 15 is 0 Å². The van der Waals surface area contributed by atoms with Crippen molar-refractivity contribution in [3.63, 3.8) is 0 Å². The number of carbonyl (C=O) groups excluding carboxylic acids is 2. The first-order valence-corrected chi connectivity index (χ1v) is 19.3. The van der Waals surface area contributed by atoms with Gasteiger partial charge >= 0.3 is 0 Å². The Labute approximate surface area is 322 Å². The van der Waals surface area contributed by atoms with Crippen LogP contribution in [-0.4, -0.2) is 53.3 Å². The van der Waals surface area contributed by atoms with Gasteiger partial charge in [0.1, 0.15) is 17.8 Å². The minimum Gasteiger partial charge on any atom is -0.508 e. The molecule has 0 bridgehead atoms. The molecule has 2 aromatic carbocycles. The number of para-hydroxylation sites is 1. The van der Waals surface area contributed by atoms with E-state index in [2.05, 4.69) is 57.2 Å². The molecule has 1 fully saturated rings. The normalized spacial score (nSPS) is 17.6. The van der Waals surface area contributed by atoms with Gasteiger partial charge in [-0.3, -0.25) is 9.59 Å². The molecule has 1 aliphatic carbocycles. The third-order valence-electron chi connectivity index (χ3n) is 11.4. The molecule has 0 aliphatic heterocycles. The Morgan fingerprint density at radius 1 is 1.13 bits per heavy atom. The van der Waals surface area contributed by atoms with Crippen molar-refractivity contribution >= 4 is 28.7 Å². The molecule has 13 heteroatoms. The van der Waals surface area contributed by atoms with Crippen molar-refractivity contribution in [3.8, 4) is 5.75 Å². The number of benzene rings is 2. The largest absolute Gasteiger partial charge is 0.508 e. The number of hydrogen-bond donors (Lipinski definition) is 5. The highest BCUT2D eigenvalue weighted by Crippen LogP contribution is 2.43. The zero-order valence-electron chi connectivity index (χ0n) is 32.5. The van der Waals surface area contributed by atoms with Crippen LogP contribution in [0.3, 0.4) is 0 Å². The fraction of sp³-hybridized carbons (Fsp3) is 0.452. The van der Waals surface area contributed by atoms with Crippen molar-refractivity contribution in [2.24, 2.45) is 18.2 Å². The lowest BCUT2D eigenvalue weighted by Gasteiger charge is -2.36. The number of nitrogen functional groups attached to an aromatic ring is 1. The van der Waals surface area contributed by atoms with E-state index in [1.165, 1.54) is 5.57 Å². The average molecular weight is 750 g/mol. The van der Waals surface area contributed by atoms with Gasteiger partial charge in [-0.1, -0.05) is 42.4 Å². The number of anilines is 1. The quantitative estimate of drug-likeness (QED) is 0.0792. The summed E-state index contributed by atoms with van der Waals surface area (Å²) in [6.07, 6.45) is 12.7. The van der Waals surface area contributed by atoms with Crippen LogP contribution in [0.5, 0.6) is 5.75 Å². The summed E-state index contributed by atoms with van der Waals surface area (Å²) in [5, 5.41) is 21.9. The zero-order valence-corrected chi connectivity index (χ0v) is 32.5. The predicted molar refractivity (Wildman–Crippen MR) is 213 cm³/mol. The number of aromatic nitrogens is 5. The Morgan fingerprint density at radius 3 is 2.60 bits per heavy atom. The molecule has 6 rings (SSSR count). The topological polar surface area (TPSA) is 192 Å². The molecule has 0 saturated heterocycles. The van der Waals surface area contributed by atoms with Crippen LogP contribution < -0.4 is 22.1 Å². The number of fused-ring (bicyclic) bond motifs is 1. The van der Waals surface area contributed by atoms with E-state index in [0.717, 1.165) is 65.3 Å². The average Bonchev–Trinajstić information content (AvgIpc) is 3.87. The third-order valence-corrected chi connectivity index (χ3v) is 11.4. The van der Waals surface area contributed by atoms with Crippen LogP contribution in [0.15, 0.2) is 71.7 Å². The smallest absolute Gasteiger partial charge is 0.249 e. The number of imidazole rings is 1. The van der Waals surface area contributed by atoms with Gasteiger partial charge in [-0.05, 0) is 105 Å². The van der Waals surface area contributed by atoms with Crippen molar-refractivity contribution in [2.75, 3.05) is 5.73 Å². The van der Waals surface area contributed by atoms with E-state index in [1.54, 1.807) is 29.1 Å². The summed E-state index contributed by atoms with van der Waals surface area (Å²) in [6, 6.07) is 8.85. The van der Waals surface area contributed by atoms with Gasteiger partial charge in [0.25, 0.3) is 0 Å². The minimum absolute atomic E-state index is 0.0181. The third kappa shape index (κ3) is 9.27. The number of nitrogens with two attached hydrogens (primary N) is 2. The number of hydrogen-bond acceptors (Lipinski definition) is 9. The van der Waals surface area contributed by atoms with E-state index in [-0.39, 0.29) is 17.6 Å². The number of phenolic OH excluding ortho intramolecular Hbond substituents is 1. The second-order valence-corrected chi connectivity index (χ2v) is 15.5. The van der Waals surface area contributed by atoms with Crippen LogP contribution in [-0.2, 0) is 42.4 Å². The maximum absolute atomic E-state index is 14.6. The number of carbonyl (C=O) groups is 2. The van der Waals surface area contributed by atoms with Crippen molar-refractivity contribution < 1.29 is 19.2 Å². The SMILES string of the molecule is C=C1CCCC(CC)(Cc2noc([C@H](Cc3cn(C)c4ccccc34)NC(=O)[C@H](Cc3c(C)cc(O)cc3C)NC(=O)[C@H](N)CCCn3ccnc3N)n2)C1. The lowest BCUT2D eigenvalue weighted by molar-refractivity contribution is -0.130. The molecule has 13 nitrogen and oxygen atoms in total. The molecule has 5 aromatic rings. The van der Waals surface area contributed by atoms with Gasteiger partial charge < -0.3 is 40.9 Å². The molecule has 4 atom stereocenters. The highest BCUT2D eigenvalue weighted by Gasteiger charge is 2.35. The zero-order chi connectivity index (χ0) is 39.3. The second kappa shape index (κ2) is 16.9. The molecular formula is C42H55N9O4. The van der Waals surface area contributed by atoms with E-state index in [1.807, 2.05) is 33.0 Å². The molecule has 1 saturated carbocycles. The van der Waals surface area contributed by atoms with Gasteiger partial charge in [-0.25, -0.2) is 4.98 Å². The Bertz CT molecular complexity index is 2130. The number of amides is 2. The van der Waals surface area contributed by atoms with Crippen molar-refractivity contribution in [1.82, 2.24) is 34.9 Å². The van der Waals surface area contributed by atoms with Gasteiger partial charge in [-0.2, -0.15) is 4.98 Å². The fourth-order valence-corrected chi connectivity index (χ4v) is 8.22. The monoisotopic (exact) mass is 749 g/mol. The Hall–Kier alpha value is -5.43. The lowest BCUT2D eigenvalue weighted by atomic mass is 9.68. The van der Waals surface area contributed by atoms with Gasteiger partial charge in [0, 0.05) is 62.3 Å². The summed E-state index contributed by atoms with van der Waals surface area (Å²) < 4.78 is 9.83.